The Morgan fingerprint density at radius 2 is 0.838 bits per heavy atom. The summed E-state index contributed by atoms with van der Waals surface area (Å²) in [6, 6.07) is 2.54. The molecular weight excluding hydrogens is 1030 g/mol. The molecule has 7 aliphatic rings. The Hall–Kier alpha value is -0.865. The zero-order valence-corrected chi connectivity index (χ0v) is 52.0. The van der Waals surface area contributed by atoms with E-state index < -0.39 is 75.9 Å². The Morgan fingerprint density at radius 3 is 1.09 bits per heavy atom. The predicted octanol–water partition coefficient (Wildman–Crippen LogP) is 8.08. The Morgan fingerprint density at radius 1 is 0.529 bits per heavy atom. The van der Waals surface area contributed by atoms with E-state index in [1.54, 1.807) is 0 Å². The second kappa shape index (κ2) is 22.3. The lowest BCUT2D eigenvalue weighted by molar-refractivity contribution is -0.166. The molecule has 2 atom stereocenters. The minimum absolute atomic E-state index is 0.113. The van der Waals surface area contributed by atoms with E-state index in [1.165, 1.54) is 0 Å². The minimum atomic E-state index is -4.12. The third-order valence-electron chi connectivity index (χ3n) is 12.5. The molecule has 28 heteroatoms. The van der Waals surface area contributed by atoms with Gasteiger partial charge in [-0.1, -0.05) is 76.2 Å². The van der Waals surface area contributed by atoms with E-state index in [2.05, 4.69) is 0 Å². The largest absolute Gasteiger partial charge is 0.518 e. The van der Waals surface area contributed by atoms with Gasteiger partial charge in [0.15, 0.2) is 6.23 Å². The van der Waals surface area contributed by atoms with E-state index >= 15 is 0 Å². The molecule has 394 valence electrons. The van der Waals surface area contributed by atoms with Gasteiger partial charge >= 0.3 is 94.3 Å². The Kier molecular flexibility index (Phi) is 19.6. The maximum Gasteiger partial charge on any atom is 0.518 e. The molecule has 0 amide bonds. The fourth-order valence-electron chi connectivity index (χ4n) is 7.00. The van der Waals surface area contributed by atoms with Gasteiger partial charge in [-0.05, 0) is 67.7 Å². The van der Waals surface area contributed by atoms with Crippen molar-refractivity contribution in [2.75, 3.05) is 12.8 Å². The molecule has 7 fully saturated rings. The van der Waals surface area contributed by atoms with E-state index in [-0.39, 0.29) is 66.2 Å². The number of rotatable bonds is 16. The van der Waals surface area contributed by atoms with Crippen LogP contribution in [-0.2, 0) is 87.5 Å². The van der Waals surface area contributed by atoms with E-state index in [0.717, 1.165) is 6.42 Å². The van der Waals surface area contributed by atoms with Crippen LogP contribution in [0.2, 0.25) is 42.3 Å². The summed E-state index contributed by atoms with van der Waals surface area (Å²) in [6.07, 6.45) is 1.64. The van der Waals surface area contributed by atoms with Crippen LogP contribution >= 0.6 is 0 Å². The number of carbonyl (C=O) groups excluding carboxylic acids is 4. The summed E-state index contributed by atoms with van der Waals surface area (Å²) in [5.74, 6) is -1.38. The summed E-state index contributed by atoms with van der Waals surface area (Å²) >= 11 is 0. The molecular formula is C40H82O20Si8. The lowest BCUT2D eigenvalue weighted by Crippen LogP contribution is -2.88. The minimum Gasteiger partial charge on any atom is -0.462 e. The Labute approximate surface area is 413 Å². The van der Waals surface area contributed by atoms with Crippen molar-refractivity contribution < 1.29 is 87.5 Å². The van der Waals surface area contributed by atoms with E-state index in [9.17, 15) is 19.2 Å². The maximum absolute atomic E-state index is 13.0. The van der Waals surface area contributed by atoms with Crippen molar-refractivity contribution in [3.05, 3.63) is 0 Å². The number of carbonyl (C=O) groups is 4. The van der Waals surface area contributed by atoms with Crippen molar-refractivity contribution in [1.29, 1.82) is 0 Å². The molecule has 0 radical (unpaired) electrons. The van der Waals surface area contributed by atoms with Crippen molar-refractivity contribution in [3.8, 4) is 0 Å². The van der Waals surface area contributed by atoms with Gasteiger partial charge in [-0.2, -0.15) is 0 Å². The van der Waals surface area contributed by atoms with Gasteiger partial charge in [0.25, 0.3) is 0 Å². The fourth-order valence-corrected chi connectivity index (χ4v) is 55.9. The van der Waals surface area contributed by atoms with Crippen LogP contribution in [0.1, 0.15) is 150 Å². The molecule has 0 N–H and O–H groups in total. The number of hydrogen-bond donors (Lipinski definition) is 0. The summed E-state index contributed by atoms with van der Waals surface area (Å²) in [5.41, 5.74) is -1.21. The summed E-state index contributed by atoms with van der Waals surface area (Å²) in [6.45, 7) is 34.5. The van der Waals surface area contributed by atoms with Crippen molar-refractivity contribution in [2.45, 2.75) is 204 Å². The second-order valence-corrected chi connectivity index (χ2v) is 45.9. The lowest BCUT2D eigenvalue weighted by Gasteiger charge is -2.62. The van der Waals surface area contributed by atoms with Crippen molar-refractivity contribution in [2.24, 2.45) is 16.7 Å². The highest BCUT2D eigenvalue weighted by Crippen LogP contribution is 2.52. The first-order valence-corrected chi connectivity index (χ1v) is 40.1. The highest BCUT2D eigenvalue weighted by atomic mass is 28.6. The molecule has 7 rings (SSSR count). The normalized spacial score (nSPS) is 36.8. The molecule has 7 aliphatic heterocycles. The van der Waals surface area contributed by atoms with E-state index in [1.807, 2.05) is 125 Å². The van der Waals surface area contributed by atoms with Crippen molar-refractivity contribution in [3.63, 3.8) is 0 Å². The van der Waals surface area contributed by atoms with Gasteiger partial charge in [-0.25, -0.2) is 0 Å². The fraction of sp³-hybridized carbons (Fsp3) is 0.900. The van der Waals surface area contributed by atoms with Gasteiger partial charge in [0.1, 0.15) is 18.3 Å². The molecule has 0 aromatic rings. The topological polar surface area (TPSA) is 216 Å². The third kappa shape index (κ3) is 13.6. The van der Waals surface area contributed by atoms with E-state index in [4.69, 9.17) is 68.3 Å². The zero-order chi connectivity index (χ0) is 51.5. The third-order valence-corrected chi connectivity index (χ3v) is 49.0. The van der Waals surface area contributed by atoms with Gasteiger partial charge in [-0.15, -0.1) is 0 Å². The predicted molar refractivity (Wildman–Crippen MR) is 262 cm³/mol. The summed E-state index contributed by atoms with van der Waals surface area (Å²) in [7, 11) is -30.2. The molecule has 7 heterocycles. The first-order chi connectivity index (χ1) is 31.4. The Balaban J connectivity index is 0.000000316. The summed E-state index contributed by atoms with van der Waals surface area (Å²) in [5, 5.41) is 0. The van der Waals surface area contributed by atoms with Gasteiger partial charge < -0.3 is 68.3 Å². The van der Waals surface area contributed by atoms with Crippen LogP contribution in [0, 0.1) is 16.7 Å². The number of hydrogen-bond acceptors (Lipinski definition) is 20. The highest BCUT2D eigenvalue weighted by molar-refractivity contribution is 7.03. The molecule has 7 saturated heterocycles. The smallest absolute Gasteiger partial charge is 0.462 e. The van der Waals surface area contributed by atoms with Gasteiger partial charge in [0, 0.05) is 42.3 Å². The standard InChI is InChI=1S/C20H46O14Si8.C10H16O4.C10H20O2/c1-10-19(9)20(21)22-18-42-32-39(15-6)26-36(12-3)23-35(11-2)24-37(13-4,28-39)30-41(17-8,34-42)31-38(14-5,25-35)29-40(16-7,27-36)33-42;1-4-10(2,3)9(12)14-7-5-8(11)13-6-7;1-7-10(5,6)8(11)12-9(2,3)4/h19H,10-18H2,1-9H3;7H,4-6H2,1-3H3;7H2,1-6H3. The lowest BCUT2D eigenvalue weighted by atomic mass is 9.90. The van der Waals surface area contributed by atoms with Crippen LogP contribution in [0.5, 0.6) is 0 Å². The average molecular weight is 1110 g/mol. The number of esters is 4. The summed E-state index contributed by atoms with van der Waals surface area (Å²) < 4.78 is 105. The van der Waals surface area contributed by atoms with Crippen LogP contribution in [0.15, 0.2) is 0 Å². The van der Waals surface area contributed by atoms with Gasteiger partial charge in [0.2, 0.25) is 0 Å². The summed E-state index contributed by atoms with van der Waals surface area (Å²) in [4.78, 5) is 46.8. The molecule has 20 nitrogen and oxygen atoms in total. The zero-order valence-electron chi connectivity index (χ0n) is 44.0. The van der Waals surface area contributed by atoms with Crippen LogP contribution < -0.4 is 0 Å². The molecule has 2 unspecified atom stereocenters. The first-order valence-electron chi connectivity index (χ1n) is 24.6. The van der Waals surface area contributed by atoms with Crippen LogP contribution in [-0.4, -0.2) is 119 Å². The highest BCUT2D eigenvalue weighted by Gasteiger charge is 2.82. The molecule has 0 saturated carbocycles. The molecule has 0 aliphatic carbocycles. The molecule has 8 bridgehead atoms. The van der Waals surface area contributed by atoms with Crippen LogP contribution in [0.4, 0.5) is 0 Å². The van der Waals surface area contributed by atoms with Gasteiger partial charge in [0.05, 0.1) is 23.2 Å². The first kappa shape index (κ1) is 59.7. The average Bonchev–Trinajstić information content (AvgIpc) is 3.68. The van der Waals surface area contributed by atoms with Crippen LogP contribution in [0.25, 0.3) is 0 Å². The molecule has 0 spiro atoms. The number of cyclic esters (lactones) is 1. The SMILES string of the molecule is CCC(C)(C)C(=O)OC(C)(C)C.CCC(C)(C)C(=O)OC1COC(=O)C1.CCC(C)C(=O)OC[Si]12O[Si]3(CC)O[Si]4(CC)O[Si]5(CC)O[Si](CC)(O3)O[Si](CC)(O[Si](CC)(O5)O[Si](CC)(O4)O1)O2. The molecule has 0 aromatic heterocycles. The molecule has 0 aromatic carbocycles. The van der Waals surface area contributed by atoms with E-state index in [0.29, 0.717) is 55.2 Å². The van der Waals surface area contributed by atoms with Gasteiger partial charge in [-0.3, -0.25) is 19.2 Å². The maximum atomic E-state index is 13.0. The number of ether oxygens (including phenoxy) is 4. The van der Waals surface area contributed by atoms with Crippen LogP contribution in [0.3, 0.4) is 0 Å². The molecule has 68 heavy (non-hydrogen) atoms. The monoisotopic (exact) mass is 1110 g/mol. The quantitative estimate of drug-likeness (QED) is 0.0811. The van der Waals surface area contributed by atoms with Crippen molar-refractivity contribution >= 4 is 94.3 Å². The second-order valence-electron chi connectivity index (χ2n) is 20.0. The van der Waals surface area contributed by atoms with Crippen molar-refractivity contribution in [1.82, 2.24) is 0 Å². The Bertz CT molecular complexity index is 1660.